The second-order valence-electron chi connectivity index (χ2n) is 6.62. The summed E-state index contributed by atoms with van der Waals surface area (Å²) in [6.45, 7) is 7.44. The second kappa shape index (κ2) is 7.45. The Kier molecular flexibility index (Phi) is 5.36. The van der Waals surface area contributed by atoms with E-state index in [1.165, 1.54) is 45.2 Å². The fourth-order valence-corrected chi connectivity index (χ4v) is 3.44. The lowest BCUT2D eigenvalue weighted by molar-refractivity contribution is 0.128. The summed E-state index contributed by atoms with van der Waals surface area (Å²) in [6, 6.07) is 0.733. The SMILES string of the molecule is CN=C(NCCOCC1CC1)N1CCC(N2CCCC2)C1. The molecule has 1 unspecified atom stereocenters. The van der Waals surface area contributed by atoms with Crippen molar-refractivity contribution in [2.75, 3.05) is 53.0 Å². The Morgan fingerprint density at radius 3 is 2.71 bits per heavy atom. The van der Waals surface area contributed by atoms with Gasteiger partial charge in [0.1, 0.15) is 0 Å². The van der Waals surface area contributed by atoms with E-state index in [1.54, 1.807) is 0 Å². The monoisotopic (exact) mass is 294 g/mol. The molecule has 1 atom stereocenters. The summed E-state index contributed by atoms with van der Waals surface area (Å²) in [5, 5.41) is 3.45. The fourth-order valence-electron chi connectivity index (χ4n) is 3.44. The number of guanidine groups is 1. The first-order chi connectivity index (χ1) is 10.4. The van der Waals surface area contributed by atoms with E-state index in [0.717, 1.165) is 50.8 Å². The van der Waals surface area contributed by atoms with Crippen LogP contribution in [0.25, 0.3) is 0 Å². The molecular weight excluding hydrogens is 264 g/mol. The Balaban J connectivity index is 1.35. The van der Waals surface area contributed by atoms with Gasteiger partial charge in [0.25, 0.3) is 0 Å². The van der Waals surface area contributed by atoms with Gasteiger partial charge in [-0.2, -0.15) is 0 Å². The van der Waals surface area contributed by atoms with Crippen molar-refractivity contribution in [3.63, 3.8) is 0 Å². The number of likely N-dealkylation sites (tertiary alicyclic amines) is 2. The predicted octanol–water partition coefficient (Wildman–Crippen LogP) is 1.16. The molecule has 0 aromatic heterocycles. The smallest absolute Gasteiger partial charge is 0.193 e. The highest BCUT2D eigenvalue weighted by Gasteiger charge is 2.30. The summed E-state index contributed by atoms with van der Waals surface area (Å²) >= 11 is 0. The molecular formula is C16H30N4O. The van der Waals surface area contributed by atoms with Crippen LogP contribution >= 0.6 is 0 Å². The molecule has 2 saturated heterocycles. The largest absolute Gasteiger partial charge is 0.379 e. The first kappa shape index (κ1) is 15.1. The Bertz CT molecular complexity index is 350. The molecule has 3 aliphatic rings. The van der Waals surface area contributed by atoms with Gasteiger partial charge in [-0.1, -0.05) is 0 Å². The summed E-state index contributed by atoms with van der Waals surface area (Å²) in [7, 11) is 1.89. The lowest BCUT2D eigenvalue weighted by Gasteiger charge is -2.25. The predicted molar refractivity (Wildman–Crippen MR) is 85.7 cm³/mol. The van der Waals surface area contributed by atoms with Crippen LogP contribution in [0.15, 0.2) is 4.99 Å². The van der Waals surface area contributed by atoms with Crippen LogP contribution in [0.2, 0.25) is 0 Å². The molecule has 0 aromatic carbocycles. The fraction of sp³-hybridized carbons (Fsp3) is 0.938. The Morgan fingerprint density at radius 2 is 2.00 bits per heavy atom. The topological polar surface area (TPSA) is 40.1 Å². The first-order valence-electron chi connectivity index (χ1n) is 8.64. The van der Waals surface area contributed by atoms with Crippen molar-refractivity contribution in [1.29, 1.82) is 0 Å². The van der Waals surface area contributed by atoms with Gasteiger partial charge in [0.15, 0.2) is 5.96 Å². The molecule has 3 fully saturated rings. The van der Waals surface area contributed by atoms with E-state index in [9.17, 15) is 0 Å². The lowest BCUT2D eigenvalue weighted by atomic mass is 10.2. The summed E-state index contributed by atoms with van der Waals surface area (Å²) in [5.74, 6) is 1.90. The van der Waals surface area contributed by atoms with E-state index in [4.69, 9.17) is 4.74 Å². The zero-order valence-electron chi connectivity index (χ0n) is 13.4. The molecule has 0 spiro atoms. The maximum atomic E-state index is 5.67. The highest BCUT2D eigenvalue weighted by molar-refractivity contribution is 5.80. The highest BCUT2D eigenvalue weighted by atomic mass is 16.5. The van der Waals surface area contributed by atoms with E-state index in [1.807, 2.05) is 7.05 Å². The van der Waals surface area contributed by atoms with Gasteiger partial charge in [-0.25, -0.2) is 0 Å². The van der Waals surface area contributed by atoms with E-state index in [2.05, 4.69) is 20.1 Å². The van der Waals surface area contributed by atoms with Crippen LogP contribution in [0.3, 0.4) is 0 Å². The summed E-state index contributed by atoms with van der Waals surface area (Å²) < 4.78 is 5.67. The summed E-state index contributed by atoms with van der Waals surface area (Å²) in [4.78, 5) is 9.50. The van der Waals surface area contributed by atoms with E-state index in [0.29, 0.717) is 0 Å². The third-order valence-corrected chi connectivity index (χ3v) is 4.91. The van der Waals surface area contributed by atoms with Crippen molar-refractivity contribution in [3.8, 4) is 0 Å². The minimum absolute atomic E-state index is 0.733. The second-order valence-corrected chi connectivity index (χ2v) is 6.62. The Morgan fingerprint density at radius 1 is 1.19 bits per heavy atom. The maximum absolute atomic E-state index is 5.67. The van der Waals surface area contributed by atoms with Crippen molar-refractivity contribution in [3.05, 3.63) is 0 Å². The maximum Gasteiger partial charge on any atom is 0.193 e. The average Bonchev–Trinajstić information content (AvgIpc) is 2.98. The van der Waals surface area contributed by atoms with Crippen molar-refractivity contribution < 1.29 is 4.74 Å². The molecule has 0 radical (unpaired) electrons. The molecule has 1 N–H and O–H groups in total. The zero-order valence-corrected chi connectivity index (χ0v) is 13.4. The normalized spacial score (nSPS) is 27.6. The number of nitrogens with one attached hydrogen (secondary N) is 1. The van der Waals surface area contributed by atoms with Gasteiger partial charge >= 0.3 is 0 Å². The minimum atomic E-state index is 0.733. The minimum Gasteiger partial charge on any atom is -0.379 e. The molecule has 0 bridgehead atoms. The number of rotatable bonds is 6. The van der Waals surface area contributed by atoms with Crippen LogP contribution in [-0.4, -0.2) is 74.8 Å². The molecule has 3 rings (SSSR count). The number of hydrogen-bond acceptors (Lipinski definition) is 3. The Labute approximate surface area is 128 Å². The molecule has 21 heavy (non-hydrogen) atoms. The molecule has 2 heterocycles. The number of nitrogens with zero attached hydrogens (tertiary/aromatic N) is 3. The molecule has 1 aliphatic carbocycles. The van der Waals surface area contributed by atoms with Gasteiger partial charge in [0, 0.05) is 39.3 Å². The van der Waals surface area contributed by atoms with Crippen LogP contribution in [-0.2, 0) is 4.74 Å². The van der Waals surface area contributed by atoms with Crippen LogP contribution in [0.4, 0.5) is 0 Å². The van der Waals surface area contributed by atoms with Crippen LogP contribution in [0.5, 0.6) is 0 Å². The standard InChI is InChI=1S/C16H30N4O/c1-17-16(18-7-11-21-13-14-4-5-14)20-10-6-15(12-20)19-8-2-3-9-19/h14-15H,2-13H2,1H3,(H,17,18). The van der Waals surface area contributed by atoms with E-state index < -0.39 is 0 Å². The summed E-state index contributed by atoms with van der Waals surface area (Å²) in [5.41, 5.74) is 0. The van der Waals surface area contributed by atoms with Crippen LogP contribution in [0.1, 0.15) is 32.1 Å². The third-order valence-electron chi connectivity index (χ3n) is 4.91. The average molecular weight is 294 g/mol. The molecule has 0 amide bonds. The zero-order chi connectivity index (χ0) is 14.5. The van der Waals surface area contributed by atoms with E-state index in [-0.39, 0.29) is 0 Å². The van der Waals surface area contributed by atoms with Crippen molar-refractivity contribution in [2.24, 2.45) is 10.9 Å². The number of aliphatic imine (C=N–C) groups is 1. The first-order valence-corrected chi connectivity index (χ1v) is 8.64. The molecule has 2 aliphatic heterocycles. The van der Waals surface area contributed by atoms with Crippen molar-refractivity contribution in [1.82, 2.24) is 15.1 Å². The highest BCUT2D eigenvalue weighted by Crippen LogP contribution is 2.28. The molecule has 0 aromatic rings. The van der Waals surface area contributed by atoms with Crippen molar-refractivity contribution in [2.45, 2.75) is 38.1 Å². The van der Waals surface area contributed by atoms with Gasteiger partial charge < -0.3 is 15.0 Å². The summed E-state index contributed by atoms with van der Waals surface area (Å²) in [6.07, 6.45) is 6.75. The van der Waals surface area contributed by atoms with Crippen LogP contribution < -0.4 is 5.32 Å². The van der Waals surface area contributed by atoms with Crippen molar-refractivity contribution >= 4 is 5.96 Å². The molecule has 1 saturated carbocycles. The lowest BCUT2D eigenvalue weighted by Crippen LogP contribution is -2.43. The molecule has 5 nitrogen and oxygen atoms in total. The van der Waals surface area contributed by atoms with E-state index >= 15 is 0 Å². The van der Waals surface area contributed by atoms with Gasteiger partial charge in [-0.3, -0.25) is 9.89 Å². The number of ether oxygens (including phenoxy) is 1. The number of hydrogen-bond donors (Lipinski definition) is 1. The molecule has 5 heteroatoms. The third kappa shape index (κ3) is 4.33. The van der Waals surface area contributed by atoms with Gasteiger partial charge in [0.05, 0.1) is 6.61 Å². The van der Waals surface area contributed by atoms with Gasteiger partial charge in [-0.05, 0) is 51.1 Å². The Hall–Kier alpha value is -0.810. The van der Waals surface area contributed by atoms with Gasteiger partial charge in [0.2, 0.25) is 0 Å². The quantitative estimate of drug-likeness (QED) is 0.453. The van der Waals surface area contributed by atoms with Gasteiger partial charge in [-0.15, -0.1) is 0 Å². The van der Waals surface area contributed by atoms with Crippen LogP contribution in [0, 0.1) is 5.92 Å². The molecule has 120 valence electrons.